The Hall–Kier alpha value is -0.610. The fourth-order valence-electron chi connectivity index (χ4n) is 3.64. The van der Waals surface area contributed by atoms with E-state index in [2.05, 4.69) is 11.8 Å². The van der Waals surface area contributed by atoms with E-state index in [4.69, 9.17) is 4.74 Å². The van der Waals surface area contributed by atoms with Gasteiger partial charge in [0, 0.05) is 19.2 Å². The van der Waals surface area contributed by atoms with Gasteiger partial charge in [-0.3, -0.25) is 9.69 Å². The van der Waals surface area contributed by atoms with Gasteiger partial charge in [0.25, 0.3) is 0 Å². The van der Waals surface area contributed by atoms with E-state index in [1.54, 1.807) is 0 Å². The van der Waals surface area contributed by atoms with Crippen molar-refractivity contribution in [3.05, 3.63) is 0 Å². The molecule has 0 radical (unpaired) electrons. The number of carboxylic acids is 1. The molecule has 0 spiro atoms. The minimum Gasteiger partial charge on any atom is -0.480 e. The Balaban J connectivity index is 1.85. The van der Waals surface area contributed by atoms with Crippen molar-refractivity contribution in [1.82, 2.24) is 4.90 Å². The van der Waals surface area contributed by atoms with E-state index in [1.807, 2.05) is 0 Å². The van der Waals surface area contributed by atoms with E-state index in [9.17, 15) is 9.90 Å². The molecule has 110 valence electrons. The van der Waals surface area contributed by atoms with Crippen LogP contribution in [0.15, 0.2) is 0 Å². The molecule has 1 saturated carbocycles. The molecule has 19 heavy (non-hydrogen) atoms. The minimum atomic E-state index is -0.650. The molecule has 0 aromatic heterocycles. The smallest absolute Gasteiger partial charge is 0.320 e. The van der Waals surface area contributed by atoms with Crippen molar-refractivity contribution in [2.75, 3.05) is 19.8 Å². The highest BCUT2D eigenvalue weighted by Crippen LogP contribution is 2.39. The molecule has 2 aliphatic rings. The molecule has 4 nitrogen and oxygen atoms in total. The zero-order valence-corrected chi connectivity index (χ0v) is 12.0. The van der Waals surface area contributed by atoms with Gasteiger partial charge in [-0.1, -0.05) is 26.2 Å². The molecule has 1 N–H and O–H groups in total. The second-order valence-corrected chi connectivity index (χ2v) is 5.91. The van der Waals surface area contributed by atoms with Crippen molar-refractivity contribution in [2.45, 2.75) is 64.0 Å². The van der Waals surface area contributed by atoms with Gasteiger partial charge in [0.05, 0.1) is 6.61 Å². The van der Waals surface area contributed by atoms with Crippen LogP contribution in [0, 0.1) is 5.92 Å². The Morgan fingerprint density at radius 1 is 1.32 bits per heavy atom. The zero-order chi connectivity index (χ0) is 13.7. The summed E-state index contributed by atoms with van der Waals surface area (Å²) in [5.41, 5.74) is 0. The lowest BCUT2D eigenvalue weighted by Gasteiger charge is -2.32. The molecule has 2 fully saturated rings. The van der Waals surface area contributed by atoms with E-state index < -0.39 is 5.97 Å². The number of carbonyl (C=O) groups is 1. The van der Waals surface area contributed by atoms with Crippen LogP contribution in [0.5, 0.6) is 0 Å². The van der Waals surface area contributed by atoms with Crippen molar-refractivity contribution >= 4 is 5.97 Å². The maximum absolute atomic E-state index is 11.4. The monoisotopic (exact) mass is 269 g/mol. The summed E-state index contributed by atoms with van der Waals surface area (Å²) < 4.78 is 5.61. The van der Waals surface area contributed by atoms with Crippen molar-refractivity contribution in [3.8, 4) is 0 Å². The molecule has 0 aromatic carbocycles. The Labute approximate surface area is 116 Å². The van der Waals surface area contributed by atoms with Crippen LogP contribution in [0.4, 0.5) is 0 Å². The Morgan fingerprint density at radius 2 is 2.11 bits per heavy atom. The number of fused-ring (bicyclic) bond motifs is 1. The number of hydrogen-bond donors (Lipinski definition) is 1. The number of hydrogen-bond acceptors (Lipinski definition) is 3. The van der Waals surface area contributed by atoms with E-state index in [1.165, 1.54) is 25.7 Å². The summed E-state index contributed by atoms with van der Waals surface area (Å²) in [6.45, 7) is 4.40. The van der Waals surface area contributed by atoms with Crippen molar-refractivity contribution in [2.24, 2.45) is 5.92 Å². The van der Waals surface area contributed by atoms with Gasteiger partial charge in [0.1, 0.15) is 6.04 Å². The van der Waals surface area contributed by atoms with Crippen LogP contribution in [-0.2, 0) is 9.53 Å². The average molecular weight is 269 g/mol. The number of carboxylic acid groups (broad SMARTS) is 1. The maximum Gasteiger partial charge on any atom is 0.320 e. The summed E-state index contributed by atoms with van der Waals surface area (Å²) >= 11 is 0. The summed E-state index contributed by atoms with van der Waals surface area (Å²) in [6.07, 6.45) is 7.98. The lowest BCUT2D eigenvalue weighted by molar-refractivity contribution is -0.142. The average Bonchev–Trinajstić information content (AvgIpc) is 2.78. The van der Waals surface area contributed by atoms with Crippen LogP contribution in [0.1, 0.15) is 51.9 Å². The number of unbranched alkanes of at least 4 members (excludes halogenated alkanes) is 1. The molecular formula is C15H27NO3. The number of rotatable bonds is 7. The number of likely N-dealkylation sites (tertiary alicyclic amines) is 1. The van der Waals surface area contributed by atoms with Crippen LogP contribution in [0.3, 0.4) is 0 Å². The highest BCUT2D eigenvalue weighted by Gasteiger charge is 2.44. The molecule has 1 heterocycles. The molecule has 1 aliphatic heterocycles. The molecule has 3 atom stereocenters. The van der Waals surface area contributed by atoms with Crippen molar-refractivity contribution in [3.63, 3.8) is 0 Å². The van der Waals surface area contributed by atoms with E-state index in [-0.39, 0.29) is 6.04 Å². The molecule has 3 unspecified atom stereocenters. The number of ether oxygens (including phenoxy) is 1. The molecule has 0 aromatic rings. The first-order valence-electron chi connectivity index (χ1n) is 7.80. The Bertz CT molecular complexity index is 295. The summed E-state index contributed by atoms with van der Waals surface area (Å²) in [5, 5.41) is 9.39. The fourth-order valence-corrected chi connectivity index (χ4v) is 3.64. The lowest BCUT2D eigenvalue weighted by atomic mass is 9.85. The molecule has 1 saturated heterocycles. The van der Waals surface area contributed by atoms with Crippen molar-refractivity contribution < 1.29 is 14.6 Å². The summed E-state index contributed by atoms with van der Waals surface area (Å²) in [5.74, 6) is -0.0477. The van der Waals surface area contributed by atoms with Gasteiger partial charge in [-0.15, -0.1) is 0 Å². The van der Waals surface area contributed by atoms with Gasteiger partial charge < -0.3 is 9.84 Å². The summed E-state index contributed by atoms with van der Waals surface area (Å²) in [6, 6.07) is 0.215. The SMILES string of the molecule is CCCCOCCN1C(C(=O)O)CC2CCCCC21. The van der Waals surface area contributed by atoms with Gasteiger partial charge >= 0.3 is 5.97 Å². The van der Waals surface area contributed by atoms with Crippen LogP contribution in [0.25, 0.3) is 0 Å². The molecule has 4 heteroatoms. The summed E-state index contributed by atoms with van der Waals surface area (Å²) in [4.78, 5) is 13.6. The lowest BCUT2D eigenvalue weighted by Crippen LogP contribution is -2.44. The second-order valence-electron chi connectivity index (χ2n) is 5.91. The van der Waals surface area contributed by atoms with Crippen LogP contribution in [-0.4, -0.2) is 47.8 Å². The van der Waals surface area contributed by atoms with Gasteiger partial charge in [0.15, 0.2) is 0 Å². The predicted octanol–water partition coefficient (Wildman–Crippen LogP) is 2.52. The predicted molar refractivity (Wildman–Crippen MR) is 74.2 cm³/mol. The molecule has 2 rings (SSSR count). The Morgan fingerprint density at radius 3 is 2.84 bits per heavy atom. The van der Waals surface area contributed by atoms with Crippen LogP contribution < -0.4 is 0 Å². The largest absolute Gasteiger partial charge is 0.480 e. The van der Waals surface area contributed by atoms with Gasteiger partial charge in [-0.05, 0) is 31.6 Å². The van der Waals surface area contributed by atoms with Gasteiger partial charge in [0.2, 0.25) is 0 Å². The van der Waals surface area contributed by atoms with Crippen LogP contribution in [0.2, 0.25) is 0 Å². The topological polar surface area (TPSA) is 49.8 Å². The van der Waals surface area contributed by atoms with Crippen LogP contribution >= 0.6 is 0 Å². The normalized spacial score (nSPS) is 31.3. The van der Waals surface area contributed by atoms with Crippen molar-refractivity contribution in [1.29, 1.82) is 0 Å². The van der Waals surface area contributed by atoms with E-state index in [0.29, 0.717) is 18.6 Å². The Kier molecular flexibility index (Phi) is 5.64. The number of nitrogens with zero attached hydrogens (tertiary/aromatic N) is 1. The number of aliphatic carboxylic acids is 1. The third kappa shape index (κ3) is 3.69. The van der Waals surface area contributed by atoms with Gasteiger partial charge in [-0.25, -0.2) is 0 Å². The quantitative estimate of drug-likeness (QED) is 0.722. The highest BCUT2D eigenvalue weighted by atomic mass is 16.5. The van der Waals surface area contributed by atoms with Gasteiger partial charge in [-0.2, -0.15) is 0 Å². The first-order valence-corrected chi connectivity index (χ1v) is 7.80. The summed E-state index contributed by atoms with van der Waals surface area (Å²) in [7, 11) is 0. The maximum atomic E-state index is 11.4. The fraction of sp³-hybridized carbons (Fsp3) is 0.933. The van der Waals surface area contributed by atoms with E-state index in [0.717, 1.165) is 32.4 Å². The zero-order valence-electron chi connectivity index (χ0n) is 12.0. The molecule has 0 amide bonds. The minimum absolute atomic E-state index is 0.275. The third-order valence-electron chi connectivity index (χ3n) is 4.64. The first kappa shape index (κ1) is 14.8. The van der Waals surface area contributed by atoms with E-state index >= 15 is 0 Å². The highest BCUT2D eigenvalue weighted by molar-refractivity contribution is 5.74. The third-order valence-corrected chi connectivity index (χ3v) is 4.64. The molecular weight excluding hydrogens is 242 g/mol. The second kappa shape index (κ2) is 7.25. The molecule has 1 aliphatic carbocycles. The molecule has 0 bridgehead atoms. The first-order chi connectivity index (χ1) is 9.24. The standard InChI is InChI=1S/C15H27NO3/c1-2-3-9-19-10-8-16-13-7-5-4-6-12(13)11-14(16)15(17)18/h12-14H,2-11H2,1H3,(H,17,18).